The molecule has 1 aliphatic heterocycles. The molecule has 1 aliphatic rings. The van der Waals surface area contributed by atoms with E-state index in [1.54, 1.807) is 0 Å². The fourth-order valence-corrected chi connectivity index (χ4v) is 3.40. The zero-order valence-corrected chi connectivity index (χ0v) is 17.4. The number of nitrogens with zero attached hydrogens (tertiary/aromatic N) is 5. The van der Waals surface area contributed by atoms with Crippen molar-refractivity contribution >= 4 is 29.5 Å². The Kier molecular flexibility index (Phi) is 5.60. The highest BCUT2D eigenvalue weighted by Crippen LogP contribution is 2.22. The molecule has 156 valence electrons. The van der Waals surface area contributed by atoms with E-state index in [1.807, 2.05) is 39.0 Å². The van der Waals surface area contributed by atoms with Crippen molar-refractivity contribution in [3.05, 3.63) is 47.1 Å². The molecule has 0 unspecified atom stereocenters. The zero-order valence-electron chi connectivity index (χ0n) is 17.4. The van der Waals surface area contributed by atoms with Crippen LogP contribution < -0.4 is 15.5 Å². The van der Waals surface area contributed by atoms with Crippen LogP contribution in [0.1, 0.15) is 47.3 Å². The van der Waals surface area contributed by atoms with Gasteiger partial charge in [0, 0.05) is 25.2 Å². The smallest absolute Gasteiger partial charge is 0.302 e. The van der Waals surface area contributed by atoms with Crippen molar-refractivity contribution in [3.8, 4) is 0 Å². The molecule has 3 heterocycles. The Balaban J connectivity index is 1.50. The van der Waals surface area contributed by atoms with Gasteiger partial charge in [0.2, 0.25) is 17.7 Å². The number of hydrogen-bond donors (Lipinski definition) is 2. The summed E-state index contributed by atoms with van der Waals surface area (Å²) < 4.78 is 5.59. The van der Waals surface area contributed by atoms with Gasteiger partial charge in [-0.15, -0.1) is 0 Å². The summed E-state index contributed by atoms with van der Waals surface area (Å²) in [5.74, 6) is 1.43. The second kappa shape index (κ2) is 8.48. The number of amides is 1. The van der Waals surface area contributed by atoms with Crippen molar-refractivity contribution < 1.29 is 9.21 Å². The number of para-hydroxylation sites is 1. The third-order valence-corrected chi connectivity index (χ3v) is 5.04. The second-order valence-corrected chi connectivity index (χ2v) is 7.30. The quantitative estimate of drug-likeness (QED) is 0.637. The predicted octanol–water partition coefficient (Wildman–Crippen LogP) is 3.63. The third kappa shape index (κ3) is 4.24. The van der Waals surface area contributed by atoms with Crippen LogP contribution in [0.15, 0.2) is 28.8 Å². The number of nitrogens with one attached hydrogen (secondary N) is 2. The minimum atomic E-state index is -0.365. The number of benzene rings is 1. The van der Waals surface area contributed by atoms with E-state index in [2.05, 4.69) is 35.5 Å². The standard InChI is InChI=1S/C21H25N7O2/c1-4-16-23-19(26-20(24-16)28-10-5-6-11-28)27-21-22-12-15(30-21)18(29)25-17-13(2)8-7-9-14(17)3/h7-9,12H,4-6,10-11H2,1-3H3,(H,25,29)(H,22,23,24,26,27). The number of aryl methyl sites for hydroxylation is 3. The average molecular weight is 407 g/mol. The Hall–Kier alpha value is -3.49. The van der Waals surface area contributed by atoms with E-state index in [-0.39, 0.29) is 17.7 Å². The lowest BCUT2D eigenvalue weighted by molar-refractivity contribution is 0.0997. The number of carbonyl (C=O) groups excluding carboxylic acids is 1. The Bertz CT molecular complexity index is 1040. The Labute approximate surface area is 175 Å². The number of aromatic nitrogens is 4. The minimum absolute atomic E-state index is 0.102. The summed E-state index contributed by atoms with van der Waals surface area (Å²) in [6.45, 7) is 7.76. The molecule has 0 spiro atoms. The van der Waals surface area contributed by atoms with Crippen LogP contribution in [0.5, 0.6) is 0 Å². The normalized spacial score (nSPS) is 13.5. The molecule has 0 aliphatic carbocycles. The van der Waals surface area contributed by atoms with Crippen LogP contribution in [0, 0.1) is 13.8 Å². The van der Waals surface area contributed by atoms with Gasteiger partial charge in [-0.2, -0.15) is 15.0 Å². The molecule has 0 atom stereocenters. The lowest BCUT2D eigenvalue weighted by atomic mass is 10.1. The van der Waals surface area contributed by atoms with E-state index >= 15 is 0 Å². The first kappa shape index (κ1) is 19.8. The minimum Gasteiger partial charge on any atom is -0.418 e. The molecule has 2 N–H and O–H groups in total. The van der Waals surface area contributed by atoms with Crippen LogP contribution in [0.3, 0.4) is 0 Å². The summed E-state index contributed by atoms with van der Waals surface area (Å²) in [6.07, 6.45) is 4.34. The van der Waals surface area contributed by atoms with E-state index in [1.165, 1.54) is 6.20 Å². The van der Waals surface area contributed by atoms with Gasteiger partial charge in [0.1, 0.15) is 5.82 Å². The lowest BCUT2D eigenvalue weighted by Crippen LogP contribution is -2.22. The highest BCUT2D eigenvalue weighted by molar-refractivity contribution is 6.03. The van der Waals surface area contributed by atoms with Crippen molar-refractivity contribution in [3.63, 3.8) is 0 Å². The van der Waals surface area contributed by atoms with E-state index in [0.717, 1.165) is 42.7 Å². The van der Waals surface area contributed by atoms with Gasteiger partial charge < -0.3 is 14.6 Å². The maximum Gasteiger partial charge on any atom is 0.302 e. The Morgan fingerprint density at radius 2 is 1.87 bits per heavy atom. The van der Waals surface area contributed by atoms with E-state index < -0.39 is 0 Å². The molecule has 0 bridgehead atoms. The molecule has 4 rings (SSSR count). The average Bonchev–Trinajstić information content (AvgIpc) is 3.43. The first-order chi connectivity index (χ1) is 14.5. The van der Waals surface area contributed by atoms with Gasteiger partial charge in [-0.1, -0.05) is 25.1 Å². The van der Waals surface area contributed by atoms with E-state index in [4.69, 9.17) is 4.42 Å². The summed E-state index contributed by atoms with van der Waals surface area (Å²) >= 11 is 0. The van der Waals surface area contributed by atoms with Crippen molar-refractivity contribution in [2.75, 3.05) is 28.6 Å². The highest BCUT2D eigenvalue weighted by atomic mass is 16.4. The molecule has 2 aromatic heterocycles. The van der Waals surface area contributed by atoms with Crippen LogP contribution in [0.2, 0.25) is 0 Å². The summed E-state index contributed by atoms with van der Waals surface area (Å²) in [4.78, 5) is 32.3. The van der Waals surface area contributed by atoms with Gasteiger partial charge in [-0.3, -0.25) is 10.1 Å². The molecule has 0 saturated carbocycles. The van der Waals surface area contributed by atoms with Crippen LogP contribution >= 0.6 is 0 Å². The highest BCUT2D eigenvalue weighted by Gasteiger charge is 2.19. The molecule has 1 saturated heterocycles. The van der Waals surface area contributed by atoms with Crippen LogP contribution in [0.4, 0.5) is 23.6 Å². The maximum atomic E-state index is 12.6. The van der Waals surface area contributed by atoms with Crippen molar-refractivity contribution in [2.45, 2.75) is 40.0 Å². The molecular weight excluding hydrogens is 382 g/mol. The molecule has 3 aromatic rings. The summed E-state index contributed by atoms with van der Waals surface area (Å²) in [5.41, 5.74) is 2.73. The molecule has 0 radical (unpaired) electrons. The fourth-order valence-electron chi connectivity index (χ4n) is 3.40. The van der Waals surface area contributed by atoms with Crippen LogP contribution in [0.25, 0.3) is 0 Å². The Morgan fingerprint density at radius 1 is 1.13 bits per heavy atom. The van der Waals surface area contributed by atoms with E-state index in [9.17, 15) is 4.79 Å². The van der Waals surface area contributed by atoms with Gasteiger partial charge in [0.15, 0.2) is 0 Å². The Morgan fingerprint density at radius 3 is 2.57 bits per heavy atom. The van der Waals surface area contributed by atoms with Crippen molar-refractivity contribution in [1.82, 2.24) is 19.9 Å². The molecule has 1 aromatic carbocycles. The van der Waals surface area contributed by atoms with Gasteiger partial charge >= 0.3 is 6.01 Å². The zero-order chi connectivity index (χ0) is 21.1. The molecular formula is C21H25N7O2. The number of rotatable bonds is 6. The molecule has 9 heteroatoms. The summed E-state index contributed by atoms with van der Waals surface area (Å²) in [7, 11) is 0. The molecule has 9 nitrogen and oxygen atoms in total. The molecule has 1 amide bonds. The topological polar surface area (TPSA) is 109 Å². The maximum absolute atomic E-state index is 12.6. The van der Waals surface area contributed by atoms with Gasteiger partial charge in [-0.05, 0) is 37.8 Å². The number of oxazole rings is 1. The van der Waals surface area contributed by atoms with Crippen molar-refractivity contribution in [1.29, 1.82) is 0 Å². The second-order valence-electron chi connectivity index (χ2n) is 7.30. The van der Waals surface area contributed by atoms with Gasteiger partial charge in [0.25, 0.3) is 5.91 Å². The first-order valence-electron chi connectivity index (χ1n) is 10.1. The summed E-state index contributed by atoms with van der Waals surface area (Å²) in [5, 5.41) is 5.85. The van der Waals surface area contributed by atoms with Gasteiger partial charge in [0.05, 0.1) is 6.20 Å². The van der Waals surface area contributed by atoms with Crippen LogP contribution in [-0.2, 0) is 6.42 Å². The molecule has 30 heavy (non-hydrogen) atoms. The van der Waals surface area contributed by atoms with Gasteiger partial charge in [-0.25, -0.2) is 4.98 Å². The monoisotopic (exact) mass is 407 g/mol. The number of anilines is 4. The summed E-state index contributed by atoms with van der Waals surface area (Å²) in [6, 6.07) is 5.99. The largest absolute Gasteiger partial charge is 0.418 e. The molecule has 1 fully saturated rings. The fraction of sp³-hybridized carbons (Fsp3) is 0.381. The lowest BCUT2D eigenvalue weighted by Gasteiger charge is -2.16. The van der Waals surface area contributed by atoms with E-state index in [0.29, 0.717) is 24.1 Å². The SMILES string of the molecule is CCc1nc(Nc2ncc(C(=O)Nc3c(C)cccc3C)o2)nc(N2CCCC2)n1. The predicted molar refractivity (Wildman–Crippen MR) is 114 cm³/mol. The van der Waals surface area contributed by atoms with Crippen molar-refractivity contribution in [2.24, 2.45) is 0 Å². The first-order valence-corrected chi connectivity index (χ1v) is 10.1. The number of carbonyl (C=O) groups is 1. The number of hydrogen-bond acceptors (Lipinski definition) is 8. The third-order valence-electron chi connectivity index (χ3n) is 5.04. The van der Waals surface area contributed by atoms with Crippen LogP contribution in [-0.4, -0.2) is 38.9 Å².